The Morgan fingerprint density at radius 1 is 1.35 bits per heavy atom. The Labute approximate surface area is 141 Å². The summed E-state index contributed by atoms with van der Waals surface area (Å²) in [7, 11) is 5.58. The fourth-order valence-corrected chi connectivity index (χ4v) is 4.42. The summed E-state index contributed by atoms with van der Waals surface area (Å²) in [6.07, 6.45) is 2.31. The van der Waals surface area contributed by atoms with Crippen molar-refractivity contribution in [3.8, 4) is 0 Å². The minimum Gasteiger partial charge on any atom is -0.351 e. The number of nitrogens with zero attached hydrogens (tertiary/aromatic N) is 1. The molecule has 1 aliphatic heterocycles. The molecule has 0 bridgehead atoms. The van der Waals surface area contributed by atoms with Crippen molar-refractivity contribution in [1.29, 1.82) is 0 Å². The Morgan fingerprint density at radius 3 is 2.43 bits per heavy atom. The molecule has 5 heteroatoms. The predicted molar refractivity (Wildman–Crippen MR) is 91.3 cm³/mol. The van der Waals surface area contributed by atoms with Gasteiger partial charge in [-0.25, -0.2) is 0 Å². The summed E-state index contributed by atoms with van der Waals surface area (Å²) < 4.78 is 6.19. The van der Waals surface area contributed by atoms with Gasteiger partial charge in [0.2, 0.25) is 7.85 Å². The van der Waals surface area contributed by atoms with Crippen LogP contribution in [0.1, 0.15) is 60.8 Å². The van der Waals surface area contributed by atoms with Gasteiger partial charge >= 0.3 is 0 Å². The molecular formula is C18H28BNO3. The standard InChI is InChI=1S/C18H28BNO3/c1-7-15-16(23-18(5,6)20(15)17(19)22)9-13-11(3)10(2)8-14(13)12(4)21/h13-16H,7-9H2,1-6H3. The molecule has 1 heterocycles. The Morgan fingerprint density at radius 2 is 1.96 bits per heavy atom. The predicted octanol–water partition coefficient (Wildman–Crippen LogP) is 3.44. The number of Topliss-reactive ketones (excluding diaryl/α,β-unsaturated/α-hetero) is 1. The van der Waals surface area contributed by atoms with Crippen molar-refractivity contribution in [2.45, 2.75) is 78.7 Å². The van der Waals surface area contributed by atoms with Crippen molar-refractivity contribution in [1.82, 2.24) is 4.90 Å². The van der Waals surface area contributed by atoms with Gasteiger partial charge in [-0.05, 0) is 59.8 Å². The lowest BCUT2D eigenvalue weighted by Crippen LogP contribution is -2.47. The molecule has 1 fully saturated rings. The molecule has 126 valence electrons. The van der Waals surface area contributed by atoms with E-state index in [4.69, 9.17) is 12.6 Å². The highest BCUT2D eigenvalue weighted by Crippen LogP contribution is 2.44. The molecule has 2 aliphatic rings. The Kier molecular flexibility index (Phi) is 5.10. The molecule has 0 spiro atoms. The number of hydrogen-bond donors (Lipinski definition) is 0. The molecule has 23 heavy (non-hydrogen) atoms. The molecule has 0 N–H and O–H groups in total. The zero-order chi connectivity index (χ0) is 17.5. The van der Waals surface area contributed by atoms with Crippen LogP contribution in [-0.4, -0.2) is 42.2 Å². The number of amides is 1. The maximum atomic E-state index is 12.0. The SMILES string of the molecule is [B]C(=O)N1C(CC)C(CC2C(C)=C(C)CC2C(C)=O)OC1(C)C. The van der Waals surface area contributed by atoms with E-state index in [0.29, 0.717) is 0 Å². The monoisotopic (exact) mass is 317 g/mol. The first-order chi connectivity index (χ1) is 10.6. The normalized spacial score (nSPS) is 33.4. The lowest BCUT2D eigenvalue weighted by atomic mass is 9.82. The van der Waals surface area contributed by atoms with Gasteiger partial charge in [0.05, 0.1) is 12.1 Å². The first-order valence-electron chi connectivity index (χ1n) is 8.53. The molecule has 4 atom stereocenters. The second-order valence-electron chi connectivity index (χ2n) is 7.51. The van der Waals surface area contributed by atoms with Gasteiger partial charge in [0.25, 0.3) is 0 Å². The largest absolute Gasteiger partial charge is 0.351 e. The third kappa shape index (κ3) is 3.26. The van der Waals surface area contributed by atoms with E-state index < -0.39 is 11.5 Å². The van der Waals surface area contributed by atoms with E-state index >= 15 is 0 Å². The molecule has 1 aliphatic carbocycles. The number of carbonyl (C=O) groups is 2. The highest BCUT2D eigenvalue weighted by molar-refractivity contribution is 6.57. The molecule has 4 unspecified atom stereocenters. The van der Waals surface area contributed by atoms with E-state index in [1.54, 1.807) is 11.8 Å². The van der Waals surface area contributed by atoms with Crippen molar-refractivity contribution in [2.24, 2.45) is 11.8 Å². The molecule has 0 saturated carbocycles. The third-order valence-corrected chi connectivity index (χ3v) is 5.69. The molecule has 0 aromatic carbocycles. The molecule has 1 saturated heterocycles. The van der Waals surface area contributed by atoms with Crippen molar-refractivity contribution in [3.05, 3.63) is 11.1 Å². The number of ketones is 1. The van der Waals surface area contributed by atoms with Crippen molar-refractivity contribution in [3.63, 3.8) is 0 Å². The van der Waals surface area contributed by atoms with E-state index in [1.165, 1.54) is 11.1 Å². The quantitative estimate of drug-likeness (QED) is 0.589. The second kappa shape index (κ2) is 6.42. The van der Waals surface area contributed by atoms with Crippen LogP contribution in [0, 0.1) is 11.8 Å². The van der Waals surface area contributed by atoms with Crippen LogP contribution in [0.15, 0.2) is 11.1 Å². The lowest BCUT2D eigenvalue weighted by molar-refractivity contribution is -0.122. The fourth-order valence-electron chi connectivity index (χ4n) is 4.42. The van der Waals surface area contributed by atoms with E-state index in [-0.39, 0.29) is 29.8 Å². The van der Waals surface area contributed by atoms with Gasteiger partial charge in [-0.3, -0.25) is 9.59 Å². The minimum atomic E-state index is -0.700. The van der Waals surface area contributed by atoms with Crippen LogP contribution >= 0.6 is 0 Å². The Bertz CT molecular complexity index is 540. The van der Waals surface area contributed by atoms with Crippen molar-refractivity contribution >= 4 is 19.4 Å². The summed E-state index contributed by atoms with van der Waals surface area (Å²) in [4.78, 5) is 25.5. The van der Waals surface area contributed by atoms with Gasteiger partial charge in [0.1, 0.15) is 11.5 Å². The average Bonchev–Trinajstić information content (AvgIpc) is 2.86. The van der Waals surface area contributed by atoms with Crippen LogP contribution in [0.25, 0.3) is 0 Å². The van der Waals surface area contributed by atoms with Gasteiger partial charge in [0, 0.05) is 5.92 Å². The third-order valence-electron chi connectivity index (χ3n) is 5.69. The van der Waals surface area contributed by atoms with E-state index in [9.17, 15) is 9.59 Å². The summed E-state index contributed by atoms with van der Waals surface area (Å²) in [6.45, 7) is 11.7. The highest BCUT2D eigenvalue weighted by atomic mass is 16.5. The summed E-state index contributed by atoms with van der Waals surface area (Å²) in [5.74, 6) is 0.0441. The van der Waals surface area contributed by atoms with Gasteiger partial charge in [-0.1, -0.05) is 18.1 Å². The highest BCUT2D eigenvalue weighted by Gasteiger charge is 2.49. The molecule has 2 radical (unpaired) electrons. The molecule has 4 nitrogen and oxygen atoms in total. The molecule has 1 amide bonds. The Balaban J connectivity index is 2.25. The number of allylic oxidation sites excluding steroid dienone is 2. The molecular weight excluding hydrogens is 289 g/mol. The molecule has 2 rings (SSSR count). The lowest BCUT2D eigenvalue weighted by Gasteiger charge is -2.33. The second-order valence-corrected chi connectivity index (χ2v) is 7.51. The van der Waals surface area contributed by atoms with Crippen LogP contribution in [0.3, 0.4) is 0 Å². The van der Waals surface area contributed by atoms with E-state index in [1.807, 2.05) is 20.8 Å². The first-order valence-corrected chi connectivity index (χ1v) is 8.53. The van der Waals surface area contributed by atoms with Gasteiger partial charge in [-0.2, -0.15) is 0 Å². The van der Waals surface area contributed by atoms with Gasteiger partial charge in [0.15, 0.2) is 5.81 Å². The summed E-state index contributed by atoms with van der Waals surface area (Å²) >= 11 is 0. The minimum absolute atomic E-state index is 0.0381. The molecule has 0 aromatic rings. The summed E-state index contributed by atoms with van der Waals surface area (Å²) in [5, 5.41) is 0. The zero-order valence-electron chi connectivity index (χ0n) is 15.2. The maximum Gasteiger partial charge on any atom is 0.200 e. The Hall–Kier alpha value is -1.10. The van der Waals surface area contributed by atoms with E-state index in [0.717, 1.165) is 19.3 Å². The molecule has 0 aromatic heterocycles. The van der Waals surface area contributed by atoms with Crippen LogP contribution in [0.5, 0.6) is 0 Å². The average molecular weight is 317 g/mol. The van der Waals surface area contributed by atoms with Gasteiger partial charge < -0.3 is 9.64 Å². The van der Waals surface area contributed by atoms with Crippen LogP contribution in [-0.2, 0) is 9.53 Å². The number of hydrogen-bond acceptors (Lipinski definition) is 3. The number of rotatable bonds is 4. The summed E-state index contributed by atoms with van der Waals surface area (Å²) in [6, 6.07) is -0.0381. The van der Waals surface area contributed by atoms with Crippen LogP contribution < -0.4 is 0 Å². The van der Waals surface area contributed by atoms with E-state index in [2.05, 4.69) is 13.8 Å². The maximum absolute atomic E-state index is 12.0. The first kappa shape index (κ1) is 18.2. The zero-order valence-corrected chi connectivity index (χ0v) is 15.2. The smallest absolute Gasteiger partial charge is 0.200 e. The number of ether oxygens (including phenoxy) is 1. The summed E-state index contributed by atoms with van der Waals surface area (Å²) in [5.41, 5.74) is 1.92. The van der Waals surface area contributed by atoms with Crippen molar-refractivity contribution < 1.29 is 14.3 Å². The fraction of sp³-hybridized carbons (Fsp3) is 0.778. The van der Waals surface area contributed by atoms with Crippen molar-refractivity contribution in [2.75, 3.05) is 0 Å². The number of carbonyl (C=O) groups excluding carboxylic acids is 2. The topological polar surface area (TPSA) is 46.6 Å². The van der Waals surface area contributed by atoms with Crippen LogP contribution in [0.2, 0.25) is 0 Å². The van der Waals surface area contributed by atoms with Crippen LogP contribution in [0.4, 0.5) is 4.79 Å². The van der Waals surface area contributed by atoms with Gasteiger partial charge in [-0.15, -0.1) is 0 Å².